The minimum Gasteiger partial charge on any atom is -0.458 e. The van der Waals surface area contributed by atoms with E-state index < -0.39 is 22.6 Å². The Bertz CT molecular complexity index is 487. The predicted molar refractivity (Wildman–Crippen MR) is 84.4 cm³/mol. The van der Waals surface area contributed by atoms with Crippen LogP contribution in [0.3, 0.4) is 0 Å². The lowest BCUT2D eigenvalue weighted by molar-refractivity contribution is -0.187. The molecule has 0 aromatic carbocycles. The van der Waals surface area contributed by atoms with E-state index in [-0.39, 0.29) is 24.7 Å². The second-order valence-corrected chi connectivity index (χ2v) is 7.18. The minimum absolute atomic E-state index is 0.248. The molecular weight excluding hydrogens is 318 g/mol. The molecule has 1 heterocycles. The normalized spacial score (nSPS) is 17.8. The molecule has 0 aromatic heterocycles. The lowest BCUT2D eigenvalue weighted by atomic mass is 9.77. The summed E-state index contributed by atoms with van der Waals surface area (Å²) in [6.07, 6.45) is 1.12. The van der Waals surface area contributed by atoms with Gasteiger partial charge in [-0.1, -0.05) is 0 Å². The first-order valence-electron chi connectivity index (χ1n) is 7.51. The van der Waals surface area contributed by atoms with Crippen molar-refractivity contribution in [1.29, 1.82) is 0 Å². The number of imide groups is 1. The first-order chi connectivity index (χ1) is 10.7. The number of hydrogen-bond donors (Lipinski definition) is 1. The molecule has 1 aliphatic heterocycles. The smallest absolute Gasteiger partial charge is 0.339 e. The van der Waals surface area contributed by atoms with E-state index >= 15 is 0 Å². The molecule has 1 aliphatic rings. The van der Waals surface area contributed by atoms with Crippen LogP contribution >= 0.6 is 0 Å². The number of hydrogen-bond acceptors (Lipinski definition) is 7. The largest absolute Gasteiger partial charge is 0.458 e. The molecule has 0 bridgehead atoms. The monoisotopic (exact) mass is 345 g/mol. The second kappa shape index (κ2) is 7.85. The van der Waals surface area contributed by atoms with Gasteiger partial charge in [0.25, 0.3) is 11.8 Å². The van der Waals surface area contributed by atoms with Crippen LogP contribution in [0, 0.1) is 5.41 Å². The van der Waals surface area contributed by atoms with Crippen LogP contribution in [-0.4, -0.2) is 52.6 Å². The van der Waals surface area contributed by atoms with E-state index in [1.54, 1.807) is 20.8 Å². The molecule has 0 saturated carbocycles. The molecule has 2 amide bonds. The molecule has 8 nitrogen and oxygen atoms in total. The minimum atomic E-state index is -1.82. The summed E-state index contributed by atoms with van der Waals surface area (Å²) in [7, 11) is 1.31. The van der Waals surface area contributed by atoms with Gasteiger partial charge in [-0.25, -0.2) is 4.79 Å². The van der Waals surface area contributed by atoms with Crippen LogP contribution in [0.1, 0.15) is 54.4 Å². The fourth-order valence-electron chi connectivity index (χ4n) is 1.51. The summed E-state index contributed by atoms with van der Waals surface area (Å²) in [5.74, 6) is -1.28. The number of hydroxylamine groups is 2. The van der Waals surface area contributed by atoms with Crippen LogP contribution in [0.25, 0.3) is 0 Å². The Labute approximate surface area is 142 Å². The third-order valence-electron chi connectivity index (χ3n) is 3.53. The molecule has 1 unspecified atom stereocenters. The van der Waals surface area contributed by atoms with Gasteiger partial charge < -0.3 is 14.6 Å². The van der Waals surface area contributed by atoms with Crippen molar-refractivity contribution < 1.29 is 33.9 Å². The van der Waals surface area contributed by atoms with Crippen LogP contribution in [-0.2, 0) is 28.8 Å². The fourth-order valence-corrected chi connectivity index (χ4v) is 1.51. The zero-order valence-corrected chi connectivity index (χ0v) is 15.3. The number of carbonyl (C=O) groups excluding carboxylic acids is 4. The summed E-state index contributed by atoms with van der Waals surface area (Å²) in [5.41, 5.74) is -3.67. The zero-order chi connectivity index (χ0) is 19.3. The van der Waals surface area contributed by atoms with Crippen molar-refractivity contribution in [2.75, 3.05) is 7.11 Å². The van der Waals surface area contributed by atoms with Crippen molar-refractivity contribution >= 4 is 24.1 Å². The molecule has 1 N–H and O–H groups in total. The number of amides is 2. The van der Waals surface area contributed by atoms with Crippen molar-refractivity contribution in [1.82, 2.24) is 5.06 Å². The van der Waals surface area contributed by atoms with E-state index in [1.165, 1.54) is 27.9 Å². The summed E-state index contributed by atoms with van der Waals surface area (Å²) < 4.78 is 5.04. The topological polar surface area (TPSA) is 110 Å². The lowest BCUT2D eigenvalue weighted by Gasteiger charge is -2.35. The van der Waals surface area contributed by atoms with E-state index in [9.17, 15) is 24.3 Å². The number of aldehydes is 1. The van der Waals surface area contributed by atoms with E-state index in [1.807, 2.05) is 0 Å². The number of aliphatic hydroxyl groups is 1. The van der Waals surface area contributed by atoms with E-state index in [2.05, 4.69) is 4.84 Å². The summed E-state index contributed by atoms with van der Waals surface area (Å²) in [6.45, 7) is 9.38. The Morgan fingerprint density at radius 1 is 1.08 bits per heavy atom. The highest BCUT2D eigenvalue weighted by Crippen LogP contribution is 2.30. The first-order valence-corrected chi connectivity index (χ1v) is 7.51. The Morgan fingerprint density at radius 2 is 1.50 bits per heavy atom. The van der Waals surface area contributed by atoms with Crippen LogP contribution in [0.15, 0.2) is 0 Å². The lowest BCUT2D eigenvalue weighted by Crippen LogP contribution is -2.52. The van der Waals surface area contributed by atoms with E-state index in [4.69, 9.17) is 4.74 Å². The number of nitrogens with zero attached hydrogens (tertiary/aromatic N) is 1. The predicted octanol–water partition coefficient (Wildman–Crippen LogP) is 1.00. The van der Waals surface area contributed by atoms with Gasteiger partial charge in [-0.2, -0.15) is 5.06 Å². The number of ether oxygens (including phenoxy) is 1. The molecule has 8 heteroatoms. The number of esters is 1. The van der Waals surface area contributed by atoms with E-state index in [0.717, 1.165) is 5.06 Å². The molecular formula is C16H27NO7. The van der Waals surface area contributed by atoms with Crippen LogP contribution in [0.5, 0.6) is 0 Å². The third-order valence-corrected chi connectivity index (χ3v) is 3.53. The standard InChI is InChI=1S/C11H20O4.C5H7NO3/c1-9(2,3)15-8(13)11(6,14)10(4,5)7-12;1-9-6-4(7)2-3-5(6)8/h7,14H,1-6H3;2-3H2,1H3. The van der Waals surface area contributed by atoms with Gasteiger partial charge in [-0.3, -0.25) is 14.4 Å². The molecule has 0 spiro atoms. The molecule has 1 fully saturated rings. The van der Waals surface area contributed by atoms with Crippen molar-refractivity contribution in [3.8, 4) is 0 Å². The highest BCUT2D eigenvalue weighted by atomic mass is 16.7. The van der Waals surface area contributed by atoms with Gasteiger partial charge in [0.15, 0.2) is 5.60 Å². The molecule has 0 radical (unpaired) electrons. The third kappa shape index (κ3) is 5.68. The van der Waals surface area contributed by atoms with Gasteiger partial charge >= 0.3 is 5.97 Å². The maximum Gasteiger partial charge on any atom is 0.339 e. The zero-order valence-electron chi connectivity index (χ0n) is 15.3. The highest BCUT2D eigenvalue weighted by Gasteiger charge is 2.48. The van der Waals surface area contributed by atoms with Gasteiger partial charge in [0.05, 0.1) is 12.5 Å². The second-order valence-electron chi connectivity index (χ2n) is 7.18. The average molecular weight is 345 g/mol. The maximum atomic E-state index is 11.7. The Hall–Kier alpha value is -1.80. The first kappa shape index (κ1) is 22.2. The molecule has 0 aliphatic carbocycles. The van der Waals surface area contributed by atoms with Gasteiger partial charge in [0.1, 0.15) is 11.9 Å². The summed E-state index contributed by atoms with van der Waals surface area (Å²) in [5, 5.41) is 10.8. The van der Waals surface area contributed by atoms with Crippen LogP contribution < -0.4 is 0 Å². The highest BCUT2D eigenvalue weighted by molar-refractivity contribution is 6.00. The molecule has 1 atom stereocenters. The van der Waals surface area contributed by atoms with Gasteiger partial charge in [0, 0.05) is 12.8 Å². The molecule has 138 valence electrons. The molecule has 1 rings (SSSR count). The Kier molecular flexibility index (Phi) is 7.26. The molecule has 0 aromatic rings. The van der Waals surface area contributed by atoms with Crippen molar-refractivity contribution in [3.05, 3.63) is 0 Å². The Morgan fingerprint density at radius 3 is 1.75 bits per heavy atom. The van der Waals surface area contributed by atoms with Gasteiger partial charge in [0.2, 0.25) is 0 Å². The SMILES string of the molecule is CC(C)(C)OC(=O)C(C)(O)C(C)(C)C=O.CON1C(=O)CCC1=O. The summed E-state index contributed by atoms with van der Waals surface area (Å²) >= 11 is 0. The van der Waals surface area contributed by atoms with E-state index in [0.29, 0.717) is 6.29 Å². The Balaban J connectivity index is 0.000000496. The summed E-state index contributed by atoms with van der Waals surface area (Å²) in [4.78, 5) is 48.1. The van der Waals surface area contributed by atoms with Crippen LogP contribution in [0.2, 0.25) is 0 Å². The molecule has 24 heavy (non-hydrogen) atoms. The van der Waals surface area contributed by atoms with Crippen molar-refractivity contribution in [2.45, 2.75) is 65.6 Å². The maximum absolute atomic E-state index is 11.7. The van der Waals surface area contributed by atoms with Crippen LogP contribution in [0.4, 0.5) is 0 Å². The summed E-state index contributed by atoms with van der Waals surface area (Å²) in [6, 6.07) is 0. The van der Waals surface area contributed by atoms with Gasteiger partial charge in [-0.05, 0) is 41.5 Å². The molecule has 1 saturated heterocycles. The quantitative estimate of drug-likeness (QED) is 0.460. The fraction of sp³-hybridized carbons (Fsp3) is 0.750. The van der Waals surface area contributed by atoms with Crippen molar-refractivity contribution in [2.24, 2.45) is 5.41 Å². The van der Waals surface area contributed by atoms with Crippen molar-refractivity contribution in [3.63, 3.8) is 0 Å². The number of carbonyl (C=O) groups is 4. The van der Waals surface area contributed by atoms with Gasteiger partial charge in [-0.15, -0.1) is 0 Å². The average Bonchev–Trinajstić information content (AvgIpc) is 2.76. The number of rotatable bonds is 4.